The van der Waals surface area contributed by atoms with Gasteiger partial charge in [-0.25, -0.2) is 0 Å². The molecule has 0 saturated heterocycles. The molecule has 2 N–H and O–H groups in total. The predicted molar refractivity (Wildman–Crippen MR) is 67.9 cm³/mol. The largest absolute Gasteiger partial charge is 0.325 e. The highest BCUT2D eigenvalue weighted by molar-refractivity contribution is 4.88. The van der Waals surface area contributed by atoms with Crippen molar-refractivity contribution in [2.24, 2.45) is 17.6 Å². The van der Waals surface area contributed by atoms with Gasteiger partial charge >= 0.3 is 0 Å². The first-order chi connectivity index (χ1) is 7.09. The minimum Gasteiger partial charge on any atom is -0.325 e. The molecule has 0 spiro atoms. The molecular formula is C14H29N. The van der Waals surface area contributed by atoms with Crippen LogP contribution in [0.2, 0.25) is 0 Å². The Balaban J connectivity index is 2.49. The summed E-state index contributed by atoms with van der Waals surface area (Å²) in [5.41, 5.74) is 6.74. The molecule has 1 aliphatic carbocycles. The highest BCUT2D eigenvalue weighted by Gasteiger charge is 2.29. The van der Waals surface area contributed by atoms with Crippen molar-refractivity contribution in [3.8, 4) is 0 Å². The second-order valence-electron chi connectivity index (χ2n) is 5.79. The first-order valence-electron chi connectivity index (χ1n) is 6.88. The van der Waals surface area contributed by atoms with E-state index in [9.17, 15) is 0 Å². The maximum absolute atomic E-state index is 6.57. The summed E-state index contributed by atoms with van der Waals surface area (Å²) in [6, 6.07) is 0. The molecule has 1 saturated carbocycles. The molecule has 0 aromatic carbocycles. The maximum Gasteiger partial charge on any atom is 0.0157 e. The number of rotatable bonds is 4. The maximum atomic E-state index is 6.57. The summed E-state index contributed by atoms with van der Waals surface area (Å²) in [6.07, 6.45) is 10.4. The molecule has 1 heteroatoms. The summed E-state index contributed by atoms with van der Waals surface area (Å²) < 4.78 is 0. The molecular weight excluding hydrogens is 182 g/mol. The van der Waals surface area contributed by atoms with Crippen LogP contribution >= 0.6 is 0 Å². The van der Waals surface area contributed by atoms with Gasteiger partial charge in [-0.3, -0.25) is 0 Å². The van der Waals surface area contributed by atoms with Crippen molar-refractivity contribution < 1.29 is 0 Å². The average molecular weight is 211 g/mol. The van der Waals surface area contributed by atoms with Crippen molar-refractivity contribution in [1.29, 1.82) is 0 Å². The van der Waals surface area contributed by atoms with Gasteiger partial charge in [-0.05, 0) is 37.5 Å². The summed E-state index contributed by atoms with van der Waals surface area (Å²) in [4.78, 5) is 0. The van der Waals surface area contributed by atoms with Crippen LogP contribution in [0.15, 0.2) is 0 Å². The van der Waals surface area contributed by atoms with E-state index >= 15 is 0 Å². The quantitative estimate of drug-likeness (QED) is 0.696. The number of hydrogen-bond donors (Lipinski definition) is 1. The molecule has 1 nitrogen and oxygen atoms in total. The van der Waals surface area contributed by atoms with Crippen LogP contribution in [0.5, 0.6) is 0 Å². The highest BCUT2D eigenvalue weighted by Crippen LogP contribution is 2.34. The van der Waals surface area contributed by atoms with Crippen LogP contribution in [0.1, 0.15) is 72.1 Å². The van der Waals surface area contributed by atoms with E-state index in [1.807, 2.05) is 0 Å². The zero-order valence-corrected chi connectivity index (χ0v) is 10.9. The van der Waals surface area contributed by atoms with Crippen LogP contribution in [0.25, 0.3) is 0 Å². The van der Waals surface area contributed by atoms with Crippen molar-refractivity contribution in [3.63, 3.8) is 0 Å². The van der Waals surface area contributed by atoms with Crippen molar-refractivity contribution in [3.05, 3.63) is 0 Å². The fourth-order valence-corrected chi connectivity index (χ4v) is 2.96. The van der Waals surface area contributed by atoms with Crippen molar-refractivity contribution in [2.75, 3.05) is 0 Å². The molecule has 0 aliphatic heterocycles. The summed E-state index contributed by atoms with van der Waals surface area (Å²) in [6.45, 7) is 6.98. The highest BCUT2D eigenvalue weighted by atomic mass is 14.7. The average Bonchev–Trinajstić information content (AvgIpc) is 2.38. The van der Waals surface area contributed by atoms with Gasteiger partial charge in [-0.15, -0.1) is 0 Å². The van der Waals surface area contributed by atoms with Gasteiger partial charge in [0.1, 0.15) is 0 Å². The van der Waals surface area contributed by atoms with Gasteiger partial charge in [0.25, 0.3) is 0 Å². The van der Waals surface area contributed by atoms with Crippen molar-refractivity contribution in [2.45, 2.75) is 77.7 Å². The summed E-state index contributed by atoms with van der Waals surface area (Å²) in [7, 11) is 0. The van der Waals surface area contributed by atoms with E-state index in [0.717, 1.165) is 11.8 Å². The van der Waals surface area contributed by atoms with E-state index in [0.29, 0.717) is 0 Å². The van der Waals surface area contributed by atoms with Crippen LogP contribution in [-0.4, -0.2) is 5.54 Å². The minimum absolute atomic E-state index is 0.168. The van der Waals surface area contributed by atoms with Crippen LogP contribution in [0, 0.1) is 11.8 Å². The molecule has 0 amide bonds. The molecule has 1 aliphatic rings. The summed E-state index contributed by atoms with van der Waals surface area (Å²) >= 11 is 0. The standard InChI is InChI=1S/C14H29N/c1-4-13(5-2)11-14(15)9-6-7-12(3)8-10-14/h12-13H,4-11,15H2,1-3H3. The summed E-state index contributed by atoms with van der Waals surface area (Å²) in [5.74, 6) is 1.75. The number of nitrogens with two attached hydrogens (primary N) is 1. The molecule has 90 valence electrons. The second kappa shape index (κ2) is 5.89. The zero-order chi connectivity index (χ0) is 11.3. The van der Waals surface area contributed by atoms with Gasteiger partial charge in [-0.2, -0.15) is 0 Å². The lowest BCUT2D eigenvalue weighted by molar-refractivity contribution is 0.271. The Hall–Kier alpha value is -0.0400. The normalized spacial score (nSPS) is 33.0. The smallest absolute Gasteiger partial charge is 0.0157 e. The Morgan fingerprint density at radius 3 is 2.47 bits per heavy atom. The molecule has 0 heterocycles. The Morgan fingerprint density at radius 1 is 1.20 bits per heavy atom. The Labute approximate surface area is 95.8 Å². The summed E-state index contributed by atoms with van der Waals surface area (Å²) in [5, 5.41) is 0. The predicted octanol–water partition coefficient (Wildman–Crippen LogP) is 4.11. The third-order valence-corrected chi connectivity index (χ3v) is 4.36. The van der Waals surface area contributed by atoms with E-state index in [-0.39, 0.29) is 5.54 Å². The van der Waals surface area contributed by atoms with E-state index in [4.69, 9.17) is 5.73 Å². The third kappa shape index (κ3) is 4.14. The van der Waals surface area contributed by atoms with Gasteiger partial charge < -0.3 is 5.73 Å². The third-order valence-electron chi connectivity index (χ3n) is 4.36. The van der Waals surface area contributed by atoms with Crippen LogP contribution in [0.3, 0.4) is 0 Å². The fourth-order valence-electron chi connectivity index (χ4n) is 2.96. The zero-order valence-electron chi connectivity index (χ0n) is 10.9. The molecule has 1 fully saturated rings. The monoisotopic (exact) mass is 211 g/mol. The second-order valence-corrected chi connectivity index (χ2v) is 5.79. The lowest BCUT2D eigenvalue weighted by atomic mass is 9.80. The van der Waals surface area contributed by atoms with E-state index in [1.54, 1.807) is 0 Å². The fraction of sp³-hybridized carbons (Fsp3) is 1.00. The van der Waals surface area contributed by atoms with Gasteiger partial charge in [0.05, 0.1) is 0 Å². The molecule has 0 radical (unpaired) electrons. The molecule has 0 bridgehead atoms. The molecule has 2 unspecified atom stereocenters. The van der Waals surface area contributed by atoms with Crippen molar-refractivity contribution >= 4 is 0 Å². The first-order valence-corrected chi connectivity index (χ1v) is 6.88. The van der Waals surface area contributed by atoms with Gasteiger partial charge in [0, 0.05) is 5.54 Å². The first kappa shape index (κ1) is 13.0. The Morgan fingerprint density at radius 2 is 1.87 bits per heavy atom. The lowest BCUT2D eigenvalue weighted by Crippen LogP contribution is -2.41. The van der Waals surface area contributed by atoms with Crippen LogP contribution in [0.4, 0.5) is 0 Å². The van der Waals surface area contributed by atoms with Crippen LogP contribution < -0.4 is 5.73 Å². The van der Waals surface area contributed by atoms with Gasteiger partial charge in [0.15, 0.2) is 0 Å². The molecule has 2 atom stereocenters. The van der Waals surface area contributed by atoms with E-state index in [1.165, 1.54) is 51.4 Å². The van der Waals surface area contributed by atoms with E-state index < -0.39 is 0 Å². The van der Waals surface area contributed by atoms with Crippen molar-refractivity contribution in [1.82, 2.24) is 0 Å². The van der Waals surface area contributed by atoms with E-state index in [2.05, 4.69) is 20.8 Å². The minimum atomic E-state index is 0.168. The Kier molecular flexibility index (Phi) is 5.11. The lowest BCUT2D eigenvalue weighted by Gasteiger charge is -2.32. The topological polar surface area (TPSA) is 26.0 Å². The number of hydrogen-bond acceptors (Lipinski definition) is 1. The van der Waals surface area contributed by atoms with Gasteiger partial charge in [-0.1, -0.05) is 46.5 Å². The molecule has 1 rings (SSSR count). The molecule has 0 aromatic heterocycles. The molecule has 15 heavy (non-hydrogen) atoms. The van der Waals surface area contributed by atoms with Gasteiger partial charge in [0.2, 0.25) is 0 Å². The Bertz CT molecular complexity index is 174. The SMILES string of the molecule is CCC(CC)CC1(N)CCCC(C)CC1. The molecule has 0 aromatic rings. The van der Waals surface area contributed by atoms with Crippen LogP contribution in [-0.2, 0) is 0 Å².